The highest BCUT2D eigenvalue weighted by molar-refractivity contribution is 6.06. The van der Waals surface area contributed by atoms with Crippen molar-refractivity contribution in [3.8, 4) is 5.75 Å². The SMILES string of the molecule is COC1CC(c2ccc(C(=O)N3CCC(F)(CN4CCC(n5cc(C)c6cc(N7CCC(=O)NC7=O)ccc65)CC4)CC3)cc2C)CN(C(/C=C(\N)c2ccccc2O)=C(N)N)C1. The molecule has 4 saturated heterocycles. The maximum atomic E-state index is 16.5. The Morgan fingerprint density at radius 3 is 2.37 bits per heavy atom. The van der Waals surface area contributed by atoms with Gasteiger partial charge in [-0.25, -0.2) is 9.18 Å². The van der Waals surface area contributed by atoms with Gasteiger partial charge in [-0.3, -0.25) is 19.8 Å². The van der Waals surface area contributed by atoms with E-state index in [0.717, 1.165) is 65.6 Å². The maximum Gasteiger partial charge on any atom is 0.328 e. The number of benzene rings is 3. The quantitative estimate of drug-likeness (QED) is 0.126. The van der Waals surface area contributed by atoms with E-state index in [1.165, 1.54) is 0 Å². The number of methoxy groups -OCH3 is 1. The van der Waals surface area contributed by atoms with E-state index in [1.807, 2.05) is 37.3 Å². The van der Waals surface area contributed by atoms with Crippen molar-refractivity contribution in [1.29, 1.82) is 0 Å². The number of alkyl halides is 1. The van der Waals surface area contributed by atoms with E-state index in [1.54, 1.807) is 47.3 Å². The molecule has 4 aliphatic rings. The number of aryl methyl sites for hydroxylation is 2. The number of piperidine rings is 3. The highest BCUT2D eigenvalue weighted by Crippen LogP contribution is 2.37. The van der Waals surface area contributed by atoms with E-state index >= 15 is 4.39 Å². The van der Waals surface area contributed by atoms with E-state index < -0.39 is 11.7 Å². The van der Waals surface area contributed by atoms with Crippen LogP contribution in [0, 0.1) is 13.8 Å². The average molecular weight is 862 g/mol. The number of halogens is 1. The molecule has 5 heterocycles. The van der Waals surface area contributed by atoms with Crippen LogP contribution in [0.3, 0.4) is 0 Å². The number of allylic oxidation sites excluding steroid dienone is 1. The van der Waals surface area contributed by atoms with E-state index in [0.29, 0.717) is 74.6 Å². The molecule has 0 saturated carbocycles. The Bertz CT molecular complexity index is 2440. The summed E-state index contributed by atoms with van der Waals surface area (Å²) in [6.07, 6.45) is 7.17. The molecule has 334 valence electrons. The third kappa shape index (κ3) is 9.21. The number of imide groups is 1. The van der Waals surface area contributed by atoms with Crippen molar-refractivity contribution >= 4 is 40.1 Å². The lowest BCUT2D eigenvalue weighted by Crippen LogP contribution is -2.51. The van der Waals surface area contributed by atoms with Gasteiger partial charge >= 0.3 is 6.03 Å². The summed E-state index contributed by atoms with van der Waals surface area (Å²) in [7, 11) is 1.68. The molecular weight excluding hydrogens is 802 g/mol. The smallest absolute Gasteiger partial charge is 0.328 e. The first-order valence-corrected chi connectivity index (χ1v) is 22.0. The molecule has 2 atom stereocenters. The molecule has 0 bridgehead atoms. The summed E-state index contributed by atoms with van der Waals surface area (Å²) in [6.45, 7) is 8.23. The molecular formula is C48H60FN9O5. The minimum absolute atomic E-state index is 0.0411. The van der Waals surface area contributed by atoms with Crippen LogP contribution in [0.15, 0.2) is 84.5 Å². The minimum Gasteiger partial charge on any atom is -0.507 e. The summed E-state index contributed by atoms with van der Waals surface area (Å²) in [5.41, 5.74) is 24.5. The van der Waals surface area contributed by atoms with Gasteiger partial charge in [-0.2, -0.15) is 0 Å². The second-order valence-corrected chi connectivity index (χ2v) is 17.9. The Kier molecular flexibility index (Phi) is 12.4. The Morgan fingerprint density at radius 2 is 1.68 bits per heavy atom. The van der Waals surface area contributed by atoms with Crippen LogP contribution in [0.1, 0.15) is 83.1 Å². The van der Waals surface area contributed by atoms with Gasteiger partial charge in [0.25, 0.3) is 5.91 Å². The van der Waals surface area contributed by atoms with Gasteiger partial charge in [-0.15, -0.1) is 0 Å². The molecule has 4 aromatic rings. The van der Waals surface area contributed by atoms with Gasteiger partial charge in [0.05, 0.1) is 11.8 Å². The topological polar surface area (TPSA) is 189 Å². The number of carbonyl (C=O) groups is 3. The number of anilines is 1. The third-order valence-corrected chi connectivity index (χ3v) is 13.6. The number of urea groups is 1. The van der Waals surface area contributed by atoms with Crippen LogP contribution >= 0.6 is 0 Å². The van der Waals surface area contributed by atoms with Gasteiger partial charge in [-0.1, -0.05) is 18.2 Å². The van der Waals surface area contributed by atoms with Crippen molar-refractivity contribution in [3.05, 3.63) is 112 Å². The lowest BCUT2D eigenvalue weighted by atomic mass is 9.85. The van der Waals surface area contributed by atoms with E-state index in [9.17, 15) is 19.5 Å². The zero-order valence-corrected chi connectivity index (χ0v) is 36.5. The first kappa shape index (κ1) is 43.6. The molecule has 0 radical (unpaired) electrons. The van der Waals surface area contributed by atoms with Crippen LogP contribution in [0.25, 0.3) is 16.6 Å². The number of nitrogens with one attached hydrogen (secondary N) is 1. The fourth-order valence-corrected chi connectivity index (χ4v) is 10.1. The minimum atomic E-state index is -1.37. The lowest BCUT2D eigenvalue weighted by Gasteiger charge is -2.41. The van der Waals surface area contributed by atoms with Crippen molar-refractivity contribution < 1.29 is 28.6 Å². The summed E-state index contributed by atoms with van der Waals surface area (Å²) in [5.74, 6) is -0.139. The van der Waals surface area contributed by atoms with Gasteiger partial charge in [0.1, 0.15) is 17.2 Å². The fraction of sp³-hybridized carbons (Fsp3) is 0.438. The van der Waals surface area contributed by atoms with Gasteiger partial charge < -0.3 is 46.3 Å². The van der Waals surface area contributed by atoms with Crippen molar-refractivity contribution in [3.63, 3.8) is 0 Å². The largest absolute Gasteiger partial charge is 0.507 e. The highest BCUT2D eigenvalue weighted by atomic mass is 19.1. The van der Waals surface area contributed by atoms with E-state index in [2.05, 4.69) is 38.9 Å². The lowest BCUT2D eigenvalue weighted by molar-refractivity contribution is -0.120. The summed E-state index contributed by atoms with van der Waals surface area (Å²) in [4.78, 5) is 45.7. The van der Waals surface area contributed by atoms with Crippen LogP contribution in [-0.2, 0) is 9.53 Å². The molecule has 4 aliphatic heterocycles. The molecule has 63 heavy (non-hydrogen) atoms. The molecule has 0 aliphatic carbocycles. The molecule has 3 aromatic carbocycles. The number of aromatic nitrogens is 1. The number of fused-ring (bicyclic) bond motifs is 1. The van der Waals surface area contributed by atoms with E-state index in [-0.39, 0.29) is 47.9 Å². The molecule has 0 spiro atoms. The van der Waals surface area contributed by atoms with Crippen LogP contribution in [0.2, 0.25) is 0 Å². The number of hydrogen-bond donors (Lipinski definition) is 5. The van der Waals surface area contributed by atoms with Crippen molar-refractivity contribution in [2.24, 2.45) is 17.2 Å². The number of phenolic OH excluding ortho intramolecular Hbond substituents is 1. The van der Waals surface area contributed by atoms with Gasteiger partial charge in [0.2, 0.25) is 5.91 Å². The second kappa shape index (κ2) is 18.0. The summed E-state index contributed by atoms with van der Waals surface area (Å²) >= 11 is 0. The normalized spacial score (nSPS) is 21.5. The highest BCUT2D eigenvalue weighted by Gasteiger charge is 2.39. The summed E-state index contributed by atoms with van der Waals surface area (Å²) in [5, 5.41) is 13.9. The number of aromatic hydroxyl groups is 1. The number of ether oxygens (including phenoxy) is 1. The molecule has 8 N–H and O–H groups in total. The first-order chi connectivity index (χ1) is 30.2. The molecule has 4 amide bonds. The molecule has 15 heteroatoms. The van der Waals surface area contributed by atoms with Gasteiger partial charge in [0, 0.05) is 130 Å². The second-order valence-electron chi connectivity index (χ2n) is 17.9. The molecule has 14 nitrogen and oxygen atoms in total. The first-order valence-electron chi connectivity index (χ1n) is 22.0. The number of hydrogen-bond acceptors (Lipinski definition) is 10. The van der Waals surface area contributed by atoms with Crippen LogP contribution < -0.4 is 27.4 Å². The number of para-hydroxylation sites is 1. The molecule has 1 aromatic heterocycles. The Hall–Kier alpha value is -6.06. The van der Waals surface area contributed by atoms with Crippen molar-refractivity contribution in [2.45, 2.75) is 76.1 Å². The average Bonchev–Trinajstić information content (AvgIpc) is 3.60. The maximum absolute atomic E-state index is 16.5. The van der Waals surface area contributed by atoms with Crippen LogP contribution in [-0.4, -0.2) is 113 Å². The Labute approximate surface area is 368 Å². The number of phenols is 1. The number of carbonyl (C=O) groups excluding carboxylic acids is 3. The van der Waals surface area contributed by atoms with Gasteiger partial charge in [0.15, 0.2) is 0 Å². The predicted octanol–water partition coefficient (Wildman–Crippen LogP) is 5.58. The number of nitrogens with two attached hydrogens (primary N) is 3. The number of amides is 4. The van der Waals surface area contributed by atoms with Crippen molar-refractivity contribution in [1.82, 2.24) is 24.6 Å². The molecule has 4 fully saturated rings. The number of likely N-dealkylation sites (tertiary alicyclic amines) is 3. The molecule has 8 rings (SSSR count). The monoisotopic (exact) mass is 861 g/mol. The standard InChI is InChI=1S/C48H60FN9O5/c1-30-22-32(8-10-37(30)33-23-36(63-3)28-56(27-33)42(45(51)52)25-40(50)38-6-4-5-7-43(38)59)46(61)55-20-15-48(49,16-21-55)29-54-17-12-34(13-18-54)58-26-31(2)39-24-35(9-11-41(39)58)57-19-14-44(60)53-47(57)62/h4-11,22,24-26,33-34,36,59H,12-21,23,27-29,50-52H2,1-3H3,(H,53,60,62)/b40-25-. The number of nitrogens with zero attached hydrogens (tertiary/aromatic N) is 5. The Morgan fingerprint density at radius 1 is 0.937 bits per heavy atom. The fourth-order valence-electron chi connectivity index (χ4n) is 10.1. The third-order valence-electron chi connectivity index (χ3n) is 13.6. The summed E-state index contributed by atoms with van der Waals surface area (Å²) in [6, 6.07) is 18.6. The van der Waals surface area contributed by atoms with Crippen LogP contribution in [0.5, 0.6) is 5.75 Å². The van der Waals surface area contributed by atoms with Gasteiger partial charge in [-0.05, 0) is 98.3 Å². The number of rotatable bonds is 10. The Balaban J connectivity index is 0.857. The van der Waals surface area contributed by atoms with Crippen molar-refractivity contribution in [2.75, 3.05) is 64.4 Å². The summed E-state index contributed by atoms with van der Waals surface area (Å²) < 4.78 is 24.7. The zero-order chi connectivity index (χ0) is 44.6. The van der Waals surface area contributed by atoms with E-state index in [4.69, 9.17) is 21.9 Å². The molecule has 2 unspecified atom stereocenters. The zero-order valence-electron chi connectivity index (χ0n) is 36.5. The van der Waals surface area contributed by atoms with Crippen LogP contribution in [0.4, 0.5) is 14.9 Å². The predicted molar refractivity (Wildman–Crippen MR) is 242 cm³/mol.